The van der Waals surface area contributed by atoms with E-state index < -0.39 is 6.29 Å². The third kappa shape index (κ3) is 4.25. The first-order chi connectivity index (χ1) is 13.0. The molecule has 0 saturated carbocycles. The first-order valence-corrected chi connectivity index (χ1v) is 9.99. The Balaban J connectivity index is 0.00000225. The van der Waals surface area contributed by atoms with Crippen LogP contribution in [-0.4, -0.2) is 34.7 Å². The molecule has 2 unspecified atom stereocenters. The fourth-order valence-corrected chi connectivity index (χ4v) is 4.99. The molecule has 2 aromatic carbocycles. The number of nitrogens with zero attached hydrogens (tertiary/aromatic N) is 1. The van der Waals surface area contributed by atoms with Gasteiger partial charge in [0.15, 0.2) is 6.29 Å². The van der Waals surface area contributed by atoms with Gasteiger partial charge in [0.05, 0.1) is 0 Å². The predicted molar refractivity (Wildman–Crippen MR) is 111 cm³/mol. The summed E-state index contributed by atoms with van der Waals surface area (Å²) in [6, 6.07) is 11.7. The molecule has 5 heteroatoms. The van der Waals surface area contributed by atoms with Crippen molar-refractivity contribution in [3.63, 3.8) is 0 Å². The quantitative estimate of drug-likeness (QED) is 0.738. The Kier molecular flexibility index (Phi) is 6.77. The van der Waals surface area contributed by atoms with E-state index in [1.807, 2.05) is 0 Å². The van der Waals surface area contributed by atoms with E-state index in [2.05, 4.69) is 36.1 Å². The normalized spacial score (nSPS) is 22.2. The van der Waals surface area contributed by atoms with E-state index in [0.29, 0.717) is 5.92 Å². The van der Waals surface area contributed by atoms with Crippen LogP contribution in [0, 0.1) is 12.7 Å². The van der Waals surface area contributed by atoms with E-state index >= 15 is 0 Å². The maximum absolute atomic E-state index is 14.8. The number of benzene rings is 2. The summed E-state index contributed by atoms with van der Waals surface area (Å²) in [6.45, 7) is 5.15. The van der Waals surface area contributed by atoms with Crippen molar-refractivity contribution in [2.45, 2.75) is 50.7 Å². The number of aryl methyl sites for hydroxylation is 2. The molecular formula is C23H29ClFNO2. The van der Waals surface area contributed by atoms with Crippen LogP contribution in [0.5, 0.6) is 0 Å². The molecule has 2 aliphatic rings. The van der Waals surface area contributed by atoms with Crippen molar-refractivity contribution in [3.8, 4) is 0 Å². The van der Waals surface area contributed by atoms with Gasteiger partial charge in [0.1, 0.15) is 5.82 Å². The molecule has 2 atom stereocenters. The largest absolute Gasteiger partial charge is 0.364 e. The lowest BCUT2D eigenvalue weighted by Crippen LogP contribution is -2.29. The minimum absolute atomic E-state index is 0. The number of hydrogen-bond acceptors (Lipinski definition) is 3. The zero-order chi connectivity index (χ0) is 19.0. The Hall–Kier alpha value is -1.46. The van der Waals surface area contributed by atoms with Crippen LogP contribution in [0.3, 0.4) is 0 Å². The molecule has 0 radical (unpaired) electrons. The number of likely N-dealkylation sites (tertiary alicyclic amines) is 1. The predicted octanol–water partition coefficient (Wildman–Crippen LogP) is 4.45. The molecule has 4 rings (SSSR count). The molecule has 1 aliphatic carbocycles. The van der Waals surface area contributed by atoms with Crippen LogP contribution in [0.15, 0.2) is 36.4 Å². The highest BCUT2D eigenvalue weighted by molar-refractivity contribution is 5.85. The number of rotatable bonds is 4. The first-order valence-electron chi connectivity index (χ1n) is 9.99. The van der Waals surface area contributed by atoms with E-state index in [4.69, 9.17) is 0 Å². The van der Waals surface area contributed by atoms with Gasteiger partial charge in [0.25, 0.3) is 0 Å². The van der Waals surface area contributed by atoms with Crippen molar-refractivity contribution in [2.24, 2.45) is 0 Å². The van der Waals surface area contributed by atoms with Gasteiger partial charge in [-0.3, -0.25) is 0 Å². The second-order valence-electron chi connectivity index (χ2n) is 8.14. The van der Waals surface area contributed by atoms with Crippen molar-refractivity contribution in [2.75, 3.05) is 19.6 Å². The van der Waals surface area contributed by atoms with Gasteiger partial charge in [-0.1, -0.05) is 30.3 Å². The number of aliphatic hydroxyl groups is 2. The van der Waals surface area contributed by atoms with Crippen LogP contribution in [0.1, 0.15) is 65.2 Å². The van der Waals surface area contributed by atoms with Gasteiger partial charge in [-0.05, 0) is 79.3 Å². The average Bonchev–Trinajstić information content (AvgIpc) is 3.10. The summed E-state index contributed by atoms with van der Waals surface area (Å²) in [7, 11) is 0. The zero-order valence-corrected chi connectivity index (χ0v) is 17.1. The molecule has 0 spiro atoms. The molecule has 1 saturated heterocycles. The highest BCUT2D eigenvalue weighted by Gasteiger charge is 2.30. The summed E-state index contributed by atoms with van der Waals surface area (Å²) in [4.78, 5) is 2.48. The Morgan fingerprint density at radius 2 is 1.96 bits per heavy atom. The van der Waals surface area contributed by atoms with Crippen LogP contribution in [-0.2, 0) is 6.42 Å². The standard InChI is InChI=1S/C23H28FNO2.ClH/c1-15-5-2-3-8-20(15)17-9-10-25(13-17)14-18-7-4-6-16-11-19(23(26)27)12-21(24)22(16)18;/h2-3,5,8,11-12,17-18,23,26-27H,4,6-7,9-10,13-14H2,1H3;1H. The Morgan fingerprint density at radius 1 is 1.18 bits per heavy atom. The summed E-state index contributed by atoms with van der Waals surface area (Å²) in [6.07, 6.45) is 2.38. The van der Waals surface area contributed by atoms with Crippen LogP contribution in [0.4, 0.5) is 4.39 Å². The van der Waals surface area contributed by atoms with Gasteiger partial charge in [-0.15, -0.1) is 12.4 Å². The second kappa shape index (κ2) is 8.91. The third-order valence-electron chi connectivity index (χ3n) is 6.32. The van der Waals surface area contributed by atoms with E-state index in [-0.39, 0.29) is 29.7 Å². The number of fused-ring (bicyclic) bond motifs is 1. The molecule has 0 aromatic heterocycles. The van der Waals surface area contributed by atoms with Gasteiger partial charge >= 0.3 is 0 Å². The lowest BCUT2D eigenvalue weighted by atomic mass is 9.81. The topological polar surface area (TPSA) is 43.7 Å². The molecule has 2 N–H and O–H groups in total. The molecule has 152 valence electrons. The highest BCUT2D eigenvalue weighted by Crippen LogP contribution is 2.37. The maximum atomic E-state index is 14.8. The highest BCUT2D eigenvalue weighted by atomic mass is 35.5. The first kappa shape index (κ1) is 21.3. The van der Waals surface area contributed by atoms with Gasteiger partial charge in [0.2, 0.25) is 0 Å². The summed E-state index contributed by atoms with van der Waals surface area (Å²) in [5.74, 6) is 0.468. The van der Waals surface area contributed by atoms with Crippen LogP contribution in [0.25, 0.3) is 0 Å². The van der Waals surface area contributed by atoms with Gasteiger partial charge in [0, 0.05) is 18.7 Å². The Labute approximate surface area is 172 Å². The molecule has 3 nitrogen and oxygen atoms in total. The summed E-state index contributed by atoms with van der Waals surface area (Å²) in [5.41, 5.74) is 4.80. The SMILES string of the molecule is Cc1ccccc1C1CCN(CC2CCCc3cc(C(O)O)cc(F)c32)C1.Cl. The summed E-state index contributed by atoms with van der Waals surface area (Å²) < 4.78 is 14.8. The lowest BCUT2D eigenvalue weighted by molar-refractivity contribution is -0.0427. The molecule has 2 aromatic rings. The van der Waals surface area contributed by atoms with Crippen LogP contribution in [0.2, 0.25) is 0 Å². The summed E-state index contributed by atoms with van der Waals surface area (Å²) >= 11 is 0. The average molecular weight is 406 g/mol. The minimum Gasteiger partial charge on any atom is -0.364 e. The van der Waals surface area contributed by atoms with Gasteiger partial charge in [-0.2, -0.15) is 0 Å². The molecular weight excluding hydrogens is 377 g/mol. The molecule has 1 heterocycles. The van der Waals surface area contributed by atoms with Gasteiger partial charge in [-0.25, -0.2) is 4.39 Å². The smallest absolute Gasteiger partial charge is 0.178 e. The molecule has 1 fully saturated rings. The Morgan fingerprint density at radius 3 is 2.71 bits per heavy atom. The van der Waals surface area contributed by atoms with Gasteiger partial charge < -0.3 is 15.1 Å². The molecule has 28 heavy (non-hydrogen) atoms. The number of halogens is 2. The van der Waals surface area contributed by atoms with Crippen LogP contribution >= 0.6 is 12.4 Å². The zero-order valence-electron chi connectivity index (χ0n) is 16.3. The molecule has 0 bridgehead atoms. The number of hydrogen-bond donors (Lipinski definition) is 2. The fourth-order valence-electron chi connectivity index (χ4n) is 4.99. The van der Waals surface area contributed by atoms with Crippen LogP contribution < -0.4 is 0 Å². The monoisotopic (exact) mass is 405 g/mol. The third-order valence-corrected chi connectivity index (χ3v) is 6.32. The summed E-state index contributed by atoms with van der Waals surface area (Å²) in [5, 5.41) is 18.8. The van der Waals surface area contributed by atoms with E-state index in [1.165, 1.54) is 17.2 Å². The fraction of sp³-hybridized carbons (Fsp3) is 0.478. The maximum Gasteiger partial charge on any atom is 0.178 e. The van der Waals surface area contributed by atoms with Crippen molar-refractivity contribution in [3.05, 3.63) is 70.0 Å². The number of aliphatic hydroxyl groups excluding tert-OH is 1. The van der Waals surface area contributed by atoms with Crippen molar-refractivity contribution in [1.29, 1.82) is 0 Å². The second-order valence-corrected chi connectivity index (χ2v) is 8.14. The lowest BCUT2D eigenvalue weighted by Gasteiger charge is -2.30. The Bertz CT molecular complexity index is 826. The van der Waals surface area contributed by atoms with E-state index in [9.17, 15) is 14.6 Å². The van der Waals surface area contributed by atoms with Crippen molar-refractivity contribution in [1.82, 2.24) is 4.90 Å². The minimum atomic E-state index is -1.61. The van der Waals surface area contributed by atoms with Crippen molar-refractivity contribution >= 4 is 12.4 Å². The molecule has 0 amide bonds. The van der Waals surface area contributed by atoms with Crippen molar-refractivity contribution < 1.29 is 14.6 Å². The van der Waals surface area contributed by atoms with E-state index in [1.54, 1.807) is 6.07 Å². The van der Waals surface area contributed by atoms with E-state index in [0.717, 1.165) is 56.4 Å². The molecule has 1 aliphatic heterocycles.